The highest BCUT2D eigenvalue weighted by molar-refractivity contribution is 5.82. The summed E-state index contributed by atoms with van der Waals surface area (Å²) in [4.78, 5) is 22.9. The standard InChI is InChI=1S/C12H24N2O4/c1-4-12(5-2,11(16)17)8-14-10(15)9(13)6-7-18-3/h9H,4-8,13H2,1-3H3,(H,14,15)(H,16,17). The summed E-state index contributed by atoms with van der Waals surface area (Å²) in [5.41, 5.74) is 4.75. The van der Waals surface area contributed by atoms with Gasteiger partial charge >= 0.3 is 5.97 Å². The van der Waals surface area contributed by atoms with E-state index in [-0.39, 0.29) is 12.5 Å². The molecule has 1 unspecified atom stereocenters. The van der Waals surface area contributed by atoms with E-state index >= 15 is 0 Å². The van der Waals surface area contributed by atoms with E-state index in [4.69, 9.17) is 10.5 Å². The van der Waals surface area contributed by atoms with Crippen LogP contribution < -0.4 is 11.1 Å². The Balaban J connectivity index is 4.36. The first-order chi connectivity index (χ1) is 8.43. The van der Waals surface area contributed by atoms with E-state index in [1.165, 1.54) is 7.11 Å². The Morgan fingerprint density at radius 1 is 1.39 bits per heavy atom. The Hall–Kier alpha value is -1.14. The van der Waals surface area contributed by atoms with E-state index in [1.54, 1.807) is 13.8 Å². The number of ether oxygens (including phenoxy) is 1. The fraction of sp³-hybridized carbons (Fsp3) is 0.833. The Labute approximate surface area is 108 Å². The van der Waals surface area contributed by atoms with E-state index < -0.39 is 17.4 Å². The first kappa shape index (κ1) is 16.9. The predicted octanol–water partition coefficient (Wildman–Crippen LogP) is 0.357. The minimum atomic E-state index is -0.906. The van der Waals surface area contributed by atoms with Gasteiger partial charge in [-0.1, -0.05) is 13.8 Å². The molecule has 1 amide bonds. The third kappa shape index (κ3) is 4.62. The van der Waals surface area contributed by atoms with Crippen LogP contribution in [0.4, 0.5) is 0 Å². The largest absolute Gasteiger partial charge is 0.481 e. The number of methoxy groups -OCH3 is 1. The zero-order chi connectivity index (χ0) is 14.2. The van der Waals surface area contributed by atoms with Crippen LogP contribution in [0.5, 0.6) is 0 Å². The molecule has 1 atom stereocenters. The molecular weight excluding hydrogens is 236 g/mol. The summed E-state index contributed by atoms with van der Waals surface area (Å²) in [7, 11) is 1.54. The van der Waals surface area contributed by atoms with Crippen molar-refractivity contribution in [1.29, 1.82) is 0 Å². The Morgan fingerprint density at radius 3 is 2.33 bits per heavy atom. The van der Waals surface area contributed by atoms with Crippen LogP contribution in [0.1, 0.15) is 33.1 Å². The molecule has 0 aliphatic carbocycles. The molecule has 0 aromatic heterocycles. The van der Waals surface area contributed by atoms with E-state index in [1.807, 2.05) is 0 Å². The Kier molecular flexibility index (Phi) is 7.54. The molecule has 0 bridgehead atoms. The fourth-order valence-corrected chi connectivity index (χ4v) is 1.64. The van der Waals surface area contributed by atoms with Crippen molar-refractivity contribution in [2.24, 2.45) is 11.1 Å². The normalized spacial score (nSPS) is 13.1. The molecule has 0 heterocycles. The maximum absolute atomic E-state index is 11.7. The SMILES string of the molecule is CCC(CC)(CNC(=O)C(N)CCOC)C(=O)O. The first-order valence-electron chi connectivity index (χ1n) is 6.19. The summed E-state index contributed by atoms with van der Waals surface area (Å²) in [6.45, 7) is 4.11. The Bertz CT molecular complexity index is 277. The molecule has 0 spiro atoms. The van der Waals surface area contributed by atoms with Crippen molar-refractivity contribution in [3.8, 4) is 0 Å². The molecule has 0 aliphatic heterocycles. The molecule has 18 heavy (non-hydrogen) atoms. The van der Waals surface area contributed by atoms with Gasteiger partial charge in [0.25, 0.3) is 0 Å². The monoisotopic (exact) mass is 260 g/mol. The van der Waals surface area contributed by atoms with E-state index in [9.17, 15) is 14.7 Å². The van der Waals surface area contributed by atoms with Gasteiger partial charge in [0.15, 0.2) is 0 Å². The molecule has 0 saturated heterocycles. The fourth-order valence-electron chi connectivity index (χ4n) is 1.64. The Morgan fingerprint density at radius 2 is 1.94 bits per heavy atom. The highest BCUT2D eigenvalue weighted by Crippen LogP contribution is 2.25. The molecule has 0 aromatic rings. The average Bonchev–Trinajstić information content (AvgIpc) is 2.36. The number of hydrogen-bond acceptors (Lipinski definition) is 4. The van der Waals surface area contributed by atoms with E-state index in [0.717, 1.165) is 0 Å². The molecular formula is C12H24N2O4. The highest BCUT2D eigenvalue weighted by atomic mass is 16.5. The predicted molar refractivity (Wildman–Crippen MR) is 68.1 cm³/mol. The van der Waals surface area contributed by atoms with Crippen molar-refractivity contribution in [3.63, 3.8) is 0 Å². The number of amides is 1. The molecule has 0 fully saturated rings. The quantitative estimate of drug-likeness (QED) is 0.555. The molecule has 0 radical (unpaired) electrons. The molecule has 0 aromatic carbocycles. The smallest absolute Gasteiger partial charge is 0.311 e. The van der Waals surface area contributed by atoms with Crippen LogP contribution in [-0.2, 0) is 14.3 Å². The average molecular weight is 260 g/mol. The second kappa shape index (κ2) is 8.05. The number of carboxylic acid groups (broad SMARTS) is 1. The number of nitrogens with one attached hydrogen (secondary N) is 1. The maximum Gasteiger partial charge on any atom is 0.311 e. The maximum atomic E-state index is 11.7. The van der Waals surface area contributed by atoms with Crippen molar-refractivity contribution in [2.75, 3.05) is 20.3 Å². The lowest BCUT2D eigenvalue weighted by Gasteiger charge is -2.27. The van der Waals surface area contributed by atoms with Gasteiger partial charge in [-0.25, -0.2) is 0 Å². The second-order valence-electron chi connectivity index (χ2n) is 4.40. The van der Waals surface area contributed by atoms with Crippen molar-refractivity contribution in [2.45, 2.75) is 39.2 Å². The van der Waals surface area contributed by atoms with Crippen molar-refractivity contribution in [3.05, 3.63) is 0 Å². The van der Waals surface area contributed by atoms with Crippen LogP contribution in [0.15, 0.2) is 0 Å². The molecule has 6 nitrogen and oxygen atoms in total. The second-order valence-corrected chi connectivity index (χ2v) is 4.40. The van der Waals surface area contributed by atoms with Gasteiger partial charge < -0.3 is 20.9 Å². The van der Waals surface area contributed by atoms with Crippen molar-refractivity contribution in [1.82, 2.24) is 5.32 Å². The third-order valence-corrected chi connectivity index (χ3v) is 3.38. The molecule has 0 saturated carbocycles. The minimum absolute atomic E-state index is 0.106. The minimum Gasteiger partial charge on any atom is -0.481 e. The topological polar surface area (TPSA) is 102 Å². The lowest BCUT2D eigenvalue weighted by Crippen LogP contribution is -2.48. The highest BCUT2D eigenvalue weighted by Gasteiger charge is 2.35. The molecule has 106 valence electrons. The van der Waals surface area contributed by atoms with Gasteiger partial charge in [0.2, 0.25) is 5.91 Å². The number of aliphatic carboxylic acids is 1. The van der Waals surface area contributed by atoms with Crippen molar-refractivity contribution < 1.29 is 19.4 Å². The van der Waals surface area contributed by atoms with Crippen LogP contribution in [-0.4, -0.2) is 43.3 Å². The number of nitrogens with two attached hydrogens (primary N) is 1. The number of carboxylic acids is 1. The summed E-state index contributed by atoms with van der Waals surface area (Å²) in [6, 6.07) is -0.662. The lowest BCUT2D eigenvalue weighted by molar-refractivity contribution is -0.149. The van der Waals surface area contributed by atoms with Crippen LogP contribution in [0, 0.1) is 5.41 Å². The zero-order valence-corrected chi connectivity index (χ0v) is 11.4. The van der Waals surface area contributed by atoms with Gasteiger partial charge in [0.05, 0.1) is 11.5 Å². The lowest BCUT2D eigenvalue weighted by atomic mass is 9.82. The summed E-state index contributed by atoms with van der Waals surface area (Å²) < 4.78 is 4.83. The van der Waals surface area contributed by atoms with Gasteiger partial charge in [0.1, 0.15) is 0 Å². The van der Waals surface area contributed by atoms with Gasteiger partial charge in [-0.15, -0.1) is 0 Å². The van der Waals surface area contributed by atoms with Crippen LogP contribution in [0.2, 0.25) is 0 Å². The summed E-state index contributed by atoms with van der Waals surface area (Å²) in [5.74, 6) is -1.22. The van der Waals surface area contributed by atoms with Gasteiger partial charge in [-0.2, -0.15) is 0 Å². The summed E-state index contributed by atoms with van der Waals surface area (Å²) in [5, 5.41) is 11.8. The van der Waals surface area contributed by atoms with E-state index in [2.05, 4.69) is 5.32 Å². The number of carbonyl (C=O) groups is 2. The first-order valence-corrected chi connectivity index (χ1v) is 6.19. The summed E-state index contributed by atoms with van der Waals surface area (Å²) in [6.07, 6.45) is 1.35. The molecule has 0 rings (SSSR count). The number of rotatable bonds is 9. The van der Waals surface area contributed by atoms with Crippen LogP contribution >= 0.6 is 0 Å². The van der Waals surface area contributed by atoms with Crippen LogP contribution in [0.25, 0.3) is 0 Å². The molecule has 0 aliphatic rings. The third-order valence-electron chi connectivity index (χ3n) is 3.38. The number of carbonyl (C=O) groups excluding carboxylic acids is 1. The van der Waals surface area contributed by atoms with E-state index in [0.29, 0.717) is 25.9 Å². The van der Waals surface area contributed by atoms with Gasteiger partial charge in [-0.05, 0) is 19.3 Å². The number of hydrogen-bond donors (Lipinski definition) is 3. The van der Waals surface area contributed by atoms with Crippen LogP contribution in [0.3, 0.4) is 0 Å². The van der Waals surface area contributed by atoms with Gasteiger partial charge in [0, 0.05) is 20.3 Å². The zero-order valence-electron chi connectivity index (χ0n) is 11.4. The summed E-state index contributed by atoms with van der Waals surface area (Å²) >= 11 is 0. The molecule has 4 N–H and O–H groups in total. The molecule has 6 heteroatoms. The van der Waals surface area contributed by atoms with Crippen molar-refractivity contribution >= 4 is 11.9 Å². The van der Waals surface area contributed by atoms with Gasteiger partial charge in [-0.3, -0.25) is 9.59 Å².